The molecule has 30 heavy (non-hydrogen) atoms. The van der Waals surface area contributed by atoms with E-state index in [2.05, 4.69) is 22.1 Å². The number of hydrogen-bond acceptors (Lipinski definition) is 5. The maximum atomic E-state index is 12.8. The Labute approximate surface area is 175 Å². The highest BCUT2D eigenvalue weighted by Crippen LogP contribution is 2.20. The maximum absolute atomic E-state index is 12.8. The molecule has 1 aliphatic heterocycles. The van der Waals surface area contributed by atoms with Crippen LogP contribution in [0.15, 0.2) is 18.2 Å². The van der Waals surface area contributed by atoms with E-state index in [0.29, 0.717) is 31.6 Å². The van der Waals surface area contributed by atoms with Gasteiger partial charge in [-0.2, -0.15) is 0 Å². The maximum Gasteiger partial charge on any atom is 0.303 e. The molecule has 1 aliphatic rings. The number of fused-ring (bicyclic) bond motifs is 1. The van der Waals surface area contributed by atoms with E-state index in [-0.39, 0.29) is 24.7 Å². The number of imidazole rings is 1. The smallest absolute Gasteiger partial charge is 0.303 e. The zero-order chi connectivity index (χ0) is 21.5. The van der Waals surface area contributed by atoms with E-state index < -0.39 is 5.97 Å². The molecule has 0 atom stereocenters. The van der Waals surface area contributed by atoms with Crippen molar-refractivity contribution >= 4 is 28.8 Å². The number of carbonyl (C=O) groups excluding carboxylic acids is 2. The van der Waals surface area contributed by atoms with E-state index in [0.717, 1.165) is 42.9 Å². The highest BCUT2D eigenvalue weighted by Gasteiger charge is 2.19. The minimum Gasteiger partial charge on any atom is -0.481 e. The Balaban J connectivity index is 1.72. The number of amides is 2. The summed E-state index contributed by atoms with van der Waals surface area (Å²) in [4.78, 5) is 41.7. The minimum absolute atomic E-state index is 0.0238. The van der Waals surface area contributed by atoms with Crippen LogP contribution in [0.5, 0.6) is 0 Å². The van der Waals surface area contributed by atoms with E-state index in [9.17, 15) is 14.4 Å². The lowest BCUT2D eigenvalue weighted by Crippen LogP contribution is -2.46. The van der Waals surface area contributed by atoms with Crippen LogP contribution < -0.4 is 10.6 Å². The number of nitrogens with zero attached hydrogens (tertiary/aromatic N) is 3. The molecule has 1 aromatic heterocycles. The number of carbonyl (C=O) groups is 3. The van der Waals surface area contributed by atoms with Gasteiger partial charge in [0.2, 0.25) is 5.91 Å². The highest BCUT2D eigenvalue weighted by atomic mass is 16.4. The van der Waals surface area contributed by atoms with E-state index in [1.165, 1.54) is 0 Å². The van der Waals surface area contributed by atoms with Crippen molar-refractivity contribution in [2.75, 3.05) is 32.7 Å². The molecule has 9 heteroatoms. The van der Waals surface area contributed by atoms with Gasteiger partial charge >= 0.3 is 5.97 Å². The van der Waals surface area contributed by atoms with Gasteiger partial charge < -0.3 is 25.2 Å². The fourth-order valence-corrected chi connectivity index (χ4v) is 3.65. The molecule has 9 nitrogen and oxygen atoms in total. The molecule has 2 aromatic rings. The second kappa shape index (κ2) is 10.2. The monoisotopic (exact) mass is 415 g/mol. The molecule has 1 aromatic carbocycles. The van der Waals surface area contributed by atoms with Gasteiger partial charge in [0.15, 0.2) is 0 Å². The van der Waals surface area contributed by atoms with Crippen molar-refractivity contribution in [2.45, 2.75) is 39.2 Å². The quantitative estimate of drug-likeness (QED) is 0.563. The van der Waals surface area contributed by atoms with Gasteiger partial charge in [0.05, 0.1) is 17.5 Å². The summed E-state index contributed by atoms with van der Waals surface area (Å²) in [5.74, 6) is -0.395. The normalized spacial score (nSPS) is 14.1. The molecule has 1 saturated heterocycles. The lowest BCUT2D eigenvalue weighted by Gasteiger charge is -2.27. The fraction of sp³-hybridized carbons (Fsp3) is 0.524. The highest BCUT2D eigenvalue weighted by molar-refractivity contribution is 5.97. The van der Waals surface area contributed by atoms with Gasteiger partial charge in [-0.15, -0.1) is 0 Å². The summed E-state index contributed by atoms with van der Waals surface area (Å²) < 4.78 is 2.12. The average Bonchev–Trinajstić information content (AvgIpc) is 3.09. The number of carboxylic acids is 1. The van der Waals surface area contributed by atoms with Crippen LogP contribution in [0.25, 0.3) is 11.0 Å². The number of hydrogen-bond donors (Lipinski definition) is 3. The summed E-state index contributed by atoms with van der Waals surface area (Å²) in [5, 5.41) is 14.7. The number of aliphatic carboxylic acids is 1. The van der Waals surface area contributed by atoms with Gasteiger partial charge in [-0.25, -0.2) is 4.98 Å². The summed E-state index contributed by atoms with van der Waals surface area (Å²) in [5.41, 5.74) is 2.39. The van der Waals surface area contributed by atoms with Crippen molar-refractivity contribution < 1.29 is 19.5 Å². The van der Waals surface area contributed by atoms with Crippen molar-refractivity contribution in [3.8, 4) is 0 Å². The molecule has 2 heterocycles. The van der Waals surface area contributed by atoms with Gasteiger partial charge in [0.25, 0.3) is 5.91 Å². The molecule has 0 spiro atoms. The summed E-state index contributed by atoms with van der Waals surface area (Å²) in [6.07, 6.45) is 1.27. The zero-order valence-corrected chi connectivity index (χ0v) is 17.3. The molecule has 162 valence electrons. The molecule has 2 amide bonds. The van der Waals surface area contributed by atoms with Crippen LogP contribution >= 0.6 is 0 Å². The number of nitrogens with one attached hydrogen (secondary N) is 2. The van der Waals surface area contributed by atoms with Gasteiger partial charge in [0, 0.05) is 57.7 Å². The van der Waals surface area contributed by atoms with Crippen LogP contribution in [0.3, 0.4) is 0 Å². The summed E-state index contributed by atoms with van der Waals surface area (Å²) in [6, 6.07) is 5.65. The van der Waals surface area contributed by atoms with Crippen LogP contribution in [0, 0.1) is 0 Å². The second-order valence-electron chi connectivity index (χ2n) is 7.42. The summed E-state index contributed by atoms with van der Waals surface area (Å²) in [6.45, 7) is 6.29. The molecule has 0 aliphatic carbocycles. The minimum atomic E-state index is -0.985. The van der Waals surface area contributed by atoms with Crippen molar-refractivity contribution in [2.24, 2.45) is 0 Å². The molecular formula is C21H29N5O4. The average molecular weight is 415 g/mol. The summed E-state index contributed by atoms with van der Waals surface area (Å²) >= 11 is 0. The Kier molecular flexibility index (Phi) is 7.40. The topological polar surface area (TPSA) is 117 Å². The Morgan fingerprint density at radius 3 is 2.67 bits per heavy atom. The first-order chi connectivity index (χ1) is 14.5. The first-order valence-electron chi connectivity index (χ1n) is 10.5. The van der Waals surface area contributed by atoms with E-state index in [1.807, 2.05) is 23.1 Å². The largest absolute Gasteiger partial charge is 0.481 e. The number of aryl methyl sites for hydroxylation is 1. The third-order valence-corrected chi connectivity index (χ3v) is 5.16. The van der Waals surface area contributed by atoms with E-state index >= 15 is 0 Å². The number of aromatic nitrogens is 2. The molecule has 0 unspecified atom stereocenters. The molecular weight excluding hydrogens is 386 g/mol. The number of rotatable bonds is 9. The Bertz CT molecular complexity index is 918. The SMILES string of the molecule is CCCn1c(CCNC(=O)CCC(=O)O)nc2cc(C(=O)N3CCNCC3)ccc21. The molecule has 3 rings (SSSR count). The Hall–Kier alpha value is -2.94. The van der Waals surface area contributed by atoms with Gasteiger partial charge in [-0.1, -0.05) is 6.92 Å². The molecule has 1 fully saturated rings. The van der Waals surface area contributed by atoms with Crippen molar-refractivity contribution in [1.82, 2.24) is 25.1 Å². The predicted molar refractivity (Wildman–Crippen MR) is 112 cm³/mol. The standard InChI is InChI=1S/C21H29N5O4/c1-2-11-26-17-4-3-15(21(30)25-12-9-22-10-13-25)14-16(17)24-18(26)7-8-23-19(27)5-6-20(28)29/h3-4,14,22H,2,5-13H2,1H3,(H,23,27)(H,28,29). The van der Waals surface area contributed by atoms with Crippen molar-refractivity contribution in [1.29, 1.82) is 0 Å². The molecule has 0 radical (unpaired) electrons. The van der Waals surface area contributed by atoms with E-state index in [1.54, 1.807) is 0 Å². The first kappa shape index (κ1) is 21.8. The van der Waals surface area contributed by atoms with Gasteiger partial charge in [0.1, 0.15) is 5.82 Å². The molecule has 3 N–H and O–H groups in total. The third-order valence-electron chi connectivity index (χ3n) is 5.16. The van der Waals surface area contributed by atoms with Gasteiger partial charge in [-0.05, 0) is 24.6 Å². The third kappa shape index (κ3) is 5.35. The molecule has 0 saturated carbocycles. The number of piperazine rings is 1. The number of benzene rings is 1. The van der Waals surface area contributed by atoms with Crippen LogP contribution in [0.1, 0.15) is 42.4 Å². The van der Waals surface area contributed by atoms with Crippen LogP contribution in [0.2, 0.25) is 0 Å². The summed E-state index contributed by atoms with van der Waals surface area (Å²) in [7, 11) is 0. The van der Waals surface area contributed by atoms with Crippen LogP contribution in [0.4, 0.5) is 0 Å². The number of carboxylic acid groups (broad SMARTS) is 1. The second-order valence-corrected chi connectivity index (χ2v) is 7.42. The lowest BCUT2D eigenvalue weighted by molar-refractivity contribution is -0.138. The molecule has 0 bridgehead atoms. The first-order valence-corrected chi connectivity index (χ1v) is 10.5. The predicted octanol–water partition coefficient (Wildman–Crippen LogP) is 1.02. The zero-order valence-electron chi connectivity index (χ0n) is 17.3. The van der Waals surface area contributed by atoms with Crippen LogP contribution in [-0.4, -0.2) is 70.1 Å². The Morgan fingerprint density at radius 1 is 1.20 bits per heavy atom. The fourth-order valence-electron chi connectivity index (χ4n) is 3.65. The van der Waals surface area contributed by atoms with Gasteiger partial charge in [-0.3, -0.25) is 14.4 Å². The Morgan fingerprint density at radius 2 is 1.97 bits per heavy atom. The lowest BCUT2D eigenvalue weighted by atomic mass is 10.1. The van der Waals surface area contributed by atoms with Crippen molar-refractivity contribution in [3.63, 3.8) is 0 Å². The van der Waals surface area contributed by atoms with E-state index in [4.69, 9.17) is 10.1 Å². The van der Waals surface area contributed by atoms with Crippen LogP contribution in [-0.2, 0) is 22.6 Å². The van der Waals surface area contributed by atoms with Crippen molar-refractivity contribution in [3.05, 3.63) is 29.6 Å².